The summed E-state index contributed by atoms with van der Waals surface area (Å²) in [6.45, 7) is 10.5. The molecular formula is C112H96N16O4S8. The highest BCUT2D eigenvalue weighted by Gasteiger charge is 2.33. The van der Waals surface area contributed by atoms with Gasteiger partial charge in [0.25, 0.3) is 23.5 Å². The maximum absolute atomic E-state index is 5.83. The topological polar surface area (TPSA) is 236 Å². The Labute approximate surface area is 845 Å². The molecule has 12 heterocycles. The predicted octanol–water partition coefficient (Wildman–Crippen LogP) is 30.4. The molecular weight excluding hydrogens is 1890 g/mol. The van der Waals surface area contributed by atoms with Crippen LogP contribution in [0.25, 0.3) is 130 Å². The van der Waals surface area contributed by atoms with Gasteiger partial charge in [-0.15, -0.1) is 92.4 Å². The number of thiophene rings is 4. The molecule has 0 atom stereocenters. The molecule has 24 rings (SSSR count). The van der Waals surface area contributed by atoms with Gasteiger partial charge in [-0.3, -0.25) is 0 Å². The van der Waals surface area contributed by atoms with Gasteiger partial charge in [0.1, 0.15) is 68.6 Å². The van der Waals surface area contributed by atoms with E-state index >= 15 is 0 Å². The minimum atomic E-state index is 0.424. The van der Waals surface area contributed by atoms with Crippen molar-refractivity contribution in [3.63, 3.8) is 0 Å². The van der Waals surface area contributed by atoms with Crippen LogP contribution in [-0.2, 0) is 0 Å². The number of nitrogens with zero attached hydrogens (tertiary/aromatic N) is 8. The minimum absolute atomic E-state index is 0.424. The van der Waals surface area contributed by atoms with Gasteiger partial charge in [0.2, 0.25) is 0 Å². The molecule has 20 aromatic rings. The first kappa shape index (κ1) is 92.2. The van der Waals surface area contributed by atoms with Crippen LogP contribution in [0.15, 0.2) is 309 Å². The van der Waals surface area contributed by atoms with Crippen LogP contribution < -0.4 is 61.5 Å². The second-order valence-electron chi connectivity index (χ2n) is 33.1. The van der Waals surface area contributed by atoms with Crippen molar-refractivity contribution in [3.8, 4) is 110 Å². The summed E-state index contributed by atoms with van der Waals surface area (Å²) in [4.78, 5) is 45.3. The number of benzene rings is 12. The monoisotopic (exact) mass is 1980 g/mol. The summed E-state index contributed by atoms with van der Waals surface area (Å²) in [5, 5.41) is 40.3. The molecule has 20 nitrogen and oxygen atoms in total. The zero-order valence-electron chi connectivity index (χ0n) is 77.8. The average Bonchev–Trinajstić information content (AvgIpc) is 1.11. The largest absolute Gasteiger partial charge is 0.470 e. The summed E-state index contributed by atoms with van der Waals surface area (Å²) in [5.41, 5.74) is 37.1. The maximum atomic E-state index is 5.83. The molecule has 8 aromatic heterocycles. The van der Waals surface area contributed by atoms with Crippen LogP contribution in [0.2, 0.25) is 0 Å². The molecule has 0 bridgehead atoms. The van der Waals surface area contributed by atoms with Crippen molar-refractivity contribution >= 4 is 205 Å². The van der Waals surface area contributed by atoms with E-state index in [1.54, 1.807) is 68.9 Å². The first-order chi connectivity index (χ1) is 68.9. The van der Waals surface area contributed by atoms with Crippen molar-refractivity contribution in [2.75, 3.05) is 120 Å². The Bertz CT molecular complexity index is 7400. The van der Waals surface area contributed by atoms with Crippen molar-refractivity contribution < 1.29 is 18.9 Å². The predicted molar refractivity (Wildman–Crippen MR) is 594 cm³/mol. The Hall–Kier alpha value is -14.2. The van der Waals surface area contributed by atoms with Gasteiger partial charge in [-0.05, 0) is 226 Å². The molecule has 0 fully saturated rings. The highest BCUT2D eigenvalue weighted by atomic mass is 32.2. The lowest BCUT2D eigenvalue weighted by atomic mass is 9.88. The number of nitrogens with one attached hydrogen (secondary N) is 8. The van der Waals surface area contributed by atoms with Crippen molar-refractivity contribution in [2.24, 2.45) is 0 Å². The van der Waals surface area contributed by atoms with Crippen LogP contribution in [0.4, 0.5) is 68.2 Å². The van der Waals surface area contributed by atoms with E-state index in [1.807, 2.05) is 88.1 Å². The average molecular weight is 1990 g/mol. The zero-order valence-corrected chi connectivity index (χ0v) is 84.4. The van der Waals surface area contributed by atoms with E-state index < -0.39 is 0 Å². The van der Waals surface area contributed by atoms with Crippen LogP contribution >= 0.6 is 92.4 Å². The molecule has 0 unspecified atom stereocenters. The molecule has 12 aromatic carbocycles. The van der Waals surface area contributed by atoms with Gasteiger partial charge in [0, 0.05) is 150 Å². The number of fused-ring (bicyclic) bond motifs is 8. The summed E-state index contributed by atoms with van der Waals surface area (Å²) >= 11 is 14.2. The van der Waals surface area contributed by atoms with E-state index in [0.717, 1.165) is 217 Å². The summed E-state index contributed by atoms with van der Waals surface area (Å²) in [5.74, 6) is 6.01. The number of aromatic nitrogens is 8. The Kier molecular flexibility index (Phi) is 27.5. The molecule has 0 amide bonds. The highest BCUT2D eigenvalue weighted by molar-refractivity contribution is 8.06. The Morgan fingerprint density at radius 3 is 0.686 bits per heavy atom. The second kappa shape index (κ2) is 41.8. The molecule has 28 heteroatoms. The fraction of sp³-hybridized carbons (Fsp3) is 0.143. The summed E-state index contributed by atoms with van der Waals surface area (Å²) in [7, 11) is 7.70. The van der Waals surface area contributed by atoms with Crippen LogP contribution in [0.5, 0.6) is 23.5 Å². The number of hydrogen-bond acceptors (Lipinski definition) is 28. The smallest absolute Gasteiger partial charge is 0.278 e. The molecule has 696 valence electrons. The van der Waals surface area contributed by atoms with Gasteiger partial charge in [0.15, 0.2) is 0 Å². The van der Waals surface area contributed by atoms with E-state index in [1.165, 1.54) is 47.3 Å². The summed E-state index contributed by atoms with van der Waals surface area (Å²) < 4.78 is 23.2. The summed E-state index contributed by atoms with van der Waals surface area (Å²) in [6.07, 6.45) is 0. The minimum Gasteiger partial charge on any atom is -0.470 e. The first-order valence-electron chi connectivity index (χ1n) is 46.0. The Morgan fingerprint density at radius 2 is 0.429 bits per heavy atom. The van der Waals surface area contributed by atoms with Crippen molar-refractivity contribution in [2.45, 2.75) is 47.8 Å². The third-order valence-electron chi connectivity index (χ3n) is 24.5. The van der Waals surface area contributed by atoms with Crippen molar-refractivity contribution in [1.82, 2.24) is 39.9 Å². The van der Waals surface area contributed by atoms with Gasteiger partial charge < -0.3 is 61.5 Å². The molecule has 0 aliphatic carbocycles. The lowest BCUT2D eigenvalue weighted by Gasteiger charge is -2.24. The van der Waals surface area contributed by atoms with Crippen LogP contribution in [-0.4, -0.2) is 118 Å². The van der Waals surface area contributed by atoms with E-state index in [-0.39, 0.29) is 0 Å². The fourth-order valence-corrected chi connectivity index (χ4v) is 25.2. The molecule has 8 N–H and O–H groups in total. The van der Waals surface area contributed by atoms with E-state index in [0.29, 0.717) is 49.9 Å². The number of thioether (sulfide) groups is 4. The van der Waals surface area contributed by atoms with Gasteiger partial charge in [-0.1, -0.05) is 146 Å². The van der Waals surface area contributed by atoms with Crippen LogP contribution in [0, 0.1) is 27.7 Å². The third kappa shape index (κ3) is 19.0. The second-order valence-corrected chi connectivity index (χ2v) is 41.2. The van der Waals surface area contributed by atoms with Crippen LogP contribution in [0.1, 0.15) is 22.3 Å². The number of hydrogen-bond donors (Lipinski definition) is 8. The van der Waals surface area contributed by atoms with Gasteiger partial charge in [-0.2, -0.15) is 0 Å². The molecule has 4 aliphatic rings. The quantitative estimate of drug-likeness (QED) is 0.0354. The molecule has 0 saturated carbocycles. The van der Waals surface area contributed by atoms with Crippen molar-refractivity contribution in [3.05, 3.63) is 311 Å². The first-order valence-corrected chi connectivity index (χ1v) is 53.5. The highest BCUT2D eigenvalue weighted by Crippen LogP contribution is 2.55. The summed E-state index contributed by atoms with van der Waals surface area (Å²) in [6, 6.07) is 92.4. The normalized spacial score (nSPS) is 12.7. The number of ether oxygens (including phenoxy) is 4. The van der Waals surface area contributed by atoms with Gasteiger partial charge >= 0.3 is 0 Å². The van der Waals surface area contributed by atoms with Gasteiger partial charge in [0.05, 0.1) is 44.8 Å². The number of anilines is 12. The number of aryl methyl sites for hydroxylation is 4. The van der Waals surface area contributed by atoms with E-state index in [9.17, 15) is 0 Å². The lowest BCUT2D eigenvalue weighted by Crippen LogP contribution is -2.18. The van der Waals surface area contributed by atoms with Crippen molar-refractivity contribution in [1.29, 1.82) is 0 Å². The maximum Gasteiger partial charge on any atom is 0.278 e. The number of rotatable bonds is 20. The fourth-order valence-electron chi connectivity index (χ4n) is 17.9. The van der Waals surface area contributed by atoms with E-state index in [4.69, 9.17) is 58.8 Å². The standard InChI is InChI=1S/C30H26N4O2.C30H26N4S2.C26H22N4O2S2.C26H22N4S4/c2*1-19-24(20-9-5-3-6-10-20)25(21-11-7-4-8-12-21)27(32-23-15-13-22(31-2)14-16-23)28-26(19)33-29-30(34-28)36-18-17-35-29;1-15-20(18-5-3-13-33-18)21(19-6-4-14-34-19)23(28-17-9-7-16(27-2)8-10-17)24-22(15)29-25-26(30-24)32-12-11-31-25;1-15-20(18-5-3-11-31-18)21(19-6-4-12-32-19)23(28-17-9-7-16(27-2)8-10-17)24-22(15)29-25-26(30-24)34-14-13-33-25/h2*3-16,31-32H,17-18H2,1-2H3;3-10,13-14,27-28H,11-12H2,1-2H3;3-12,27-28H,13-14H2,1-2H3. The zero-order chi connectivity index (χ0) is 95.1. The lowest BCUT2D eigenvalue weighted by molar-refractivity contribution is 0.158. The SMILES string of the molecule is CNc1ccc(Nc2c(-c3ccccc3)c(-c3ccccc3)c(C)c3nc4c(nc23)OCCO4)cc1.CNc1ccc(Nc2c(-c3ccccc3)c(-c3ccccc3)c(C)c3nc4c(nc23)SCCS4)cc1.CNc1ccc(Nc2c(-c3cccs3)c(-c3cccs3)c(C)c3nc4c(nc23)OCCO4)cc1.CNc1ccc(Nc2c(-c3cccs3)c(-c3cccs3)c(C)c3nc4c(nc23)SCCS4)cc1. The van der Waals surface area contributed by atoms with Crippen LogP contribution in [0.3, 0.4) is 0 Å². The Balaban J connectivity index is 0.000000111. The van der Waals surface area contributed by atoms with E-state index in [2.05, 4.69) is 322 Å². The molecule has 140 heavy (non-hydrogen) atoms. The molecule has 0 radical (unpaired) electrons. The molecule has 0 saturated heterocycles. The molecule has 4 aliphatic heterocycles. The van der Waals surface area contributed by atoms with Gasteiger partial charge in [-0.25, -0.2) is 39.9 Å². The Morgan fingerprint density at radius 1 is 0.214 bits per heavy atom. The third-order valence-corrected chi connectivity index (χ3v) is 32.7. The molecule has 0 spiro atoms.